The zero-order valence-electron chi connectivity index (χ0n) is 10.9. The summed E-state index contributed by atoms with van der Waals surface area (Å²) < 4.78 is 32.2. The molecule has 8 heteroatoms. The summed E-state index contributed by atoms with van der Waals surface area (Å²) in [6.45, 7) is 1.87. The van der Waals surface area contributed by atoms with Crippen LogP contribution in [0.3, 0.4) is 0 Å². The molecule has 1 heterocycles. The molecule has 0 spiro atoms. The van der Waals surface area contributed by atoms with E-state index in [2.05, 4.69) is 10.1 Å². The molecule has 0 saturated heterocycles. The summed E-state index contributed by atoms with van der Waals surface area (Å²) in [5, 5.41) is 3.65. The third-order valence-corrected chi connectivity index (χ3v) is 3.55. The van der Waals surface area contributed by atoms with E-state index in [1.807, 2.05) is 0 Å². The first-order valence-corrected chi connectivity index (χ1v) is 7.62. The van der Waals surface area contributed by atoms with Crippen LogP contribution < -0.4 is 0 Å². The second-order valence-corrected chi connectivity index (χ2v) is 5.96. The number of carbonyl (C=O) groups excluding carboxylic acids is 1. The van der Waals surface area contributed by atoms with E-state index >= 15 is 0 Å². The van der Waals surface area contributed by atoms with E-state index in [1.165, 1.54) is 24.3 Å². The molecule has 0 aliphatic heterocycles. The van der Waals surface area contributed by atoms with Crippen molar-refractivity contribution in [2.24, 2.45) is 0 Å². The van der Waals surface area contributed by atoms with Crippen molar-refractivity contribution in [3.8, 4) is 11.4 Å². The average Bonchev–Trinajstić information content (AvgIpc) is 2.88. The predicted octanol–water partition coefficient (Wildman–Crippen LogP) is 1.32. The topological polar surface area (TPSA) is 99.4 Å². The van der Waals surface area contributed by atoms with Crippen LogP contribution in [0.25, 0.3) is 11.4 Å². The van der Waals surface area contributed by atoms with Crippen LogP contribution in [-0.2, 0) is 14.6 Å². The summed E-state index contributed by atoms with van der Waals surface area (Å²) in [6.07, 6.45) is 1.12. The molecule has 106 valence electrons. The molecule has 0 fully saturated rings. The summed E-state index contributed by atoms with van der Waals surface area (Å²) in [4.78, 5) is 15.5. The van der Waals surface area contributed by atoms with Crippen LogP contribution in [0, 0.1) is 0 Å². The molecule has 0 N–H and O–H groups in total. The SMILES string of the molecule is CCOC(=O)c1nc(-c2ccc(S(C)(=O)=O)cc2)no1. The van der Waals surface area contributed by atoms with Gasteiger partial charge in [0.15, 0.2) is 9.84 Å². The molecule has 1 aromatic heterocycles. The van der Waals surface area contributed by atoms with E-state index in [0.29, 0.717) is 5.56 Å². The Morgan fingerprint density at radius 2 is 1.95 bits per heavy atom. The molecule has 0 radical (unpaired) electrons. The Morgan fingerprint density at radius 3 is 2.50 bits per heavy atom. The van der Waals surface area contributed by atoms with E-state index < -0.39 is 15.8 Å². The smallest absolute Gasteiger partial charge is 0.397 e. The number of benzene rings is 1. The molecule has 0 unspecified atom stereocenters. The highest BCUT2D eigenvalue weighted by molar-refractivity contribution is 7.90. The fourth-order valence-electron chi connectivity index (χ4n) is 1.47. The third-order valence-electron chi connectivity index (χ3n) is 2.42. The maximum atomic E-state index is 11.4. The first kappa shape index (κ1) is 14.2. The largest absolute Gasteiger partial charge is 0.459 e. The summed E-state index contributed by atoms with van der Waals surface area (Å²) in [6, 6.07) is 5.95. The van der Waals surface area contributed by atoms with Crippen molar-refractivity contribution in [3.05, 3.63) is 30.2 Å². The molecule has 2 rings (SSSR count). The number of rotatable bonds is 4. The Hall–Kier alpha value is -2.22. The lowest BCUT2D eigenvalue weighted by Crippen LogP contribution is -2.04. The van der Waals surface area contributed by atoms with Gasteiger partial charge in [0.25, 0.3) is 0 Å². The molecule has 0 bridgehead atoms. The second-order valence-electron chi connectivity index (χ2n) is 3.94. The first-order valence-electron chi connectivity index (χ1n) is 5.73. The van der Waals surface area contributed by atoms with Gasteiger partial charge in [-0.3, -0.25) is 0 Å². The van der Waals surface area contributed by atoms with E-state index in [9.17, 15) is 13.2 Å². The Balaban J connectivity index is 2.27. The highest BCUT2D eigenvalue weighted by atomic mass is 32.2. The summed E-state index contributed by atoms with van der Waals surface area (Å²) >= 11 is 0. The van der Waals surface area contributed by atoms with Crippen molar-refractivity contribution in [3.63, 3.8) is 0 Å². The lowest BCUT2D eigenvalue weighted by molar-refractivity contribution is 0.0470. The molecule has 20 heavy (non-hydrogen) atoms. The molecule has 2 aromatic rings. The highest BCUT2D eigenvalue weighted by Gasteiger charge is 2.17. The monoisotopic (exact) mass is 296 g/mol. The number of sulfone groups is 1. The molecule has 0 saturated carbocycles. The Bertz CT molecular complexity index is 719. The molecule has 7 nitrogen and oxygen atoms in total. The van der Waals surface area contributed by atoms with Gasteiger partial charge in [-0.2, -0.15) is 4.98 Å². The van der Waals surface area contributed by atoms with Gasteiger partial charge in [0.2, 0.25) is 5.82 Å². The number of nitrogens with zero attached hydrogens (tertiary/aromatic N) is 2. The van der Waals surface area contributed by atoms with Gasteiger partial charge in [-0.1, -0.05) is 5.16 Å². The molecule has 0 amide bonds. The maximum Gasteiger partial charge on any atom is 0.397 e. The third kappa shape index (κ3) is 3.02. The van der Waals surface area contributed by atoms with E-state index in [-0.39, 0.29) is 23.2 Å². The molecule has 0 atom stereocenters. The number of aromatic nitrogens is 2. The minimum absolute atomic E-state index is 0.188. The fraction of sp³-hybridized carbons (Fsp3) is 0.250. The van der Waals surface area contributed by atoms with Crippen LogP contribution in [0.1, 0.15) is 17.6 Å². The molecule has 0 aliphatic rings. The number of hydrogen-bond donors (Lipinski definition) is 0. The maximum absolute atomic E-state index is 11.4. The zero-order valence-corrected chi connectivity index (χ0v) is 11.7. The normalized spacial score (nSPS) is 11.3. The van der Waals surface area contributed by atoms with Gasteiger partial charge in [0.05, 0.1) is 11.5 Å². The van der Waals surface area contributed by atoms with Crippen LogP contribution in [-0.4, -0.2) is 37.4 Å². The van der Waals surface area contributed by atoms with Crippen molar-refractivity contribution in [1.82, 2.24) is 10.1 Å². The summed E-state index contributed by atoms with van der Waals surface area (Å²) in [5.74, 6) is -0.749. The minimum Gasteiger partial charge on any atom is -0.459 e. The van der Waals surface area contributed by atoms with Crippen molar-refractivity contribution in [2.75, 3.05) is 12.9 Å². The lowest BCUT2D eigenvalue weighted by atomic mass is 10.2. The quantitative estimate of drug-likeness (QED) is 0.784. The second kappa shape index (κ2) is 5.41. The molecular weight excluding hydrogens is 284 g/mol. The lowest BCUT2D eigenvalue weighted by Gasteiger charge is -1.98. The van der Waals surface area contributed by atoms with Crippen LogP contribution in [0.5, 0.6) is 0 Å². The average molecular weight is 296 g/mol. The molecular formula is C12H12N2O5S. The van der Waals surface area contributed by atoms with Gasteiger partial charge in [-0.25, -0.2) is 13.2 Å². The Morgan fingerprint density at radius 1 is 1.30 bits per heavy atom. The van der Waals surface area contributed by atoms with Gasteiger partial charge < -0.3 is 9.26 Å². The van der Waals surface area contributed by atoms with Gasteiger partial charge >= 0.3 is 11.9 Å². The van der Waals surface area contributed by atoms with Gasteiger partial charge in [-0.05, 0) is 31.2 Å². The van der Waals surface area contributed by atoms with Crippen molar-refractivity contribution in [2.45, 2.75) is 11.8 Å². The number of carbonyl (C=O) groups is 1. The van der Waals surface area contributed by atoms with Crippen molar-refractivity contribution >= 4 is 15.8 Å². The fourth-order valence-corrected chi connectivity index (χ4v) is 2.10. The van der Waals surface area contributed by atoms with Gasteiger partial charge in [-0.15, -0.1) is 0 Å². The van der Waals surface area contributed by atoms with Crippen LogP contribution >= 0.6 is 0 Å². The standard InChI is InChI=1S/C12H12N2O5S/c1-3-18-12(15)11-13-10(14-19-11)8-4-6-9(7-5-8)20(2,16)17/h4-7H,3H2,1-2H3. The summed E-state index contributed by atoms with van der Waals surface area (Å²) in [5.41, 5.74) is 0.539. The van der Waals surface area contributed by atoms with E-state index in [0.717, 1.165) is 6.26 Å². The van der Waals surface area contributed by atoms with Crippen LogP contribution in [0.4, 0.5) is 0 Å². The van der Waals surface area contributed by atoms with Crippen molar-refractivity contribution in [1.29, 1.82) is 0 Å². The van der Waals surface area contributed by atoms with Gasteiger partial charge in [0.1, 0.15) is 0 Å². The Labute approximate surface area is 115 Å². The van der Waals surface area contributed by atoms with E-state index in [4.69, 9.17) is 9.26 Å². The van der Waals surface area contributed by atoms with Crippen LogP contribution in [0.15, 0.2) is 33.7 Å². The van der Waals surface area contributed by atoms with Crippen molar-refractivity contribution < 1.29 is 22.5 Å². The predicted molar refractivity (Wildman–Crippen MR) is 68.8 cm³/mol. The van der Waals surface area contributed by atoms with E-state index in [1.54, 1.807) is 6.92 Å². The van der Waals surface area contributed by atoms with Crippen LogP contribution in [0.2, 0.25) is 0 Å². The zero-order chi connectivity index (χ0) is 14.8. The number of hydrogen-bond acceptors (Lipinski definition) is 7. The first-order chi connectivity index (χ1) is 9.41. The molecule has 0 aliphatic carbocycles. The Kier molecular flexibility index (Phi) is 3.84. The number of ether oxygens (including phenoxy) is 1. The molecule has 1 aromatic carbocycles. The highest BCUT2D eigenvalue weighted by Crippen LogP contribution is 2.18. The van der Waals surface area contributed by atoms with Gasteiger partial charge in [0, 0.05) is 11.8 Å². The summed E-state index contributed by atoms with van der Waals surface area (Å²) in [7, 11) is -3.26. The number of esters is 1. The minimum atomic E-state index is -3.26.